The Morgan fingerprint density at radius 1 is 0.438 bits per heavy atom. The summed E-state index contributed by atoms with van der Waals surface area (Å²) in [6.07, 6.45) is 8.61. The highest BCUT2D eigenvalue weighted by molar-refractivity contribution is 5.87. The first-order valence-corrected chi connectivity index (χ1v) is 22.2. The lowest BCUT2D eigenvalue weighted by Gasteiger charge is -2.42. The molecule has 2 heteroatoms. The number of rotatable bonds is 8. The van der Waals surface area contributed by atoms with Crippen molar-refractivity contribution in [1.82, 2.24) is 0 Å². The van der Waals surface area contributed by atoms with Gasteiger partial charge in [-0.15, -0.1) is 0 Å². The van der Waals surface area contributed by atoms with Crippen molar-refractivity contribution in [3.8, 4) is 33.8 Å². The summed E-state index contributed by atoms with van der Waals surface area (Å²) in [6, 6.07) is 86.0. The van der Waals surface area contributed by atoms with Gasteiger partial charge < -0.3 is 9.64 Å². The number of hydrogen-bond acceptors (Lipinski definition) is 2. The van der Waals surface area contributed by atoms with E-state index < -0.39 is 10.8 Å². The molecule has 0 aromatic heterocycles. The maximum Gasteiger partial charge on any atom is 0.132 e. The standard InChI is InChI=1S/C62H43NO/c1-5-23-46(24-6-1)61(47-25-7-2-8-26-47)57-37-17-18-38-59(57)64-60-40-39-52(43-58(60)61)63(50-30-11-4-12-31-50)51-32-20-22-45(42-51)44-21-19-29-49(41-44)62(48-27-9-3-10-28-48)55-35-15-13-33-53(55)54-34-14-16-36-56(54)62/h1,3-7,9-11,13-30,32-43H,12,31H2. The van der Waals surface area contributed by atoms with Gasteiger partial charge in [0.2, 0.25) is 0 Å². The minimum absolute atomic E-state index is 0.475. The van der Waals surface area contributed by atoms with E-state index in [2.05, 4.69) is 248 Å². The predicted octanol–water partition coefficient (Wildman–Crippen LogP) is 15.2. The zero-order valence-corrected chi connectivity index (χ0v) is 35.3. The Balaban J connectivity index is 1.03. The predicted molar refractivity (Wildman–Crippen MR) is 260 cm³/mol. The number of fused-ring (bicyclic) bond motifs is 5. The monoisotopic (exact) mass is 817 g/mol. The Morgan fingerprint density at radius 3 is 1.72 bits per heavy atom. The van der Waals surface area contributed by atoms with Crippen LogP contribution >= 0.6 is 0 Å². The van der Waals surface area contributed by atoms with E-state index in [0.717, 1.165) is 63.5 Å². The van der Waals surface area contributed by atoms with E-state index in [-0.39, 0.29) is 0 Å². The van der Waals surface area contributed by atoms with Gasteiger partial charge in [-0.1, -0.05) is 182 Å². The molecular formula is C62H43NO. The third-order valence-electron chi connectivity index (χ3n) is 13.6. The van der Waals surface area contributed by atoms with Gasteiger partial charge in [0.25, 0.3) is 0 Å². The van der Waals surface area contributed by atoms with Crippen molar-refractivity contribution in [1.29, 1.82) is 0 Å². The van der Waals surface area contributed by atoms with Gasteiger partial charge >= 0.3 is 0 Å². The third kappa shape index (κ3) is 5.75. The summed E-state index contributed by atoms with van der Waals surface area (Å²) >= 11 is 0. The van der Waals surface area contributed by atoms with Crippen molar-refractivity contribution < 1.29 is 4.74 Å². The molecule has 0 bridgehead atoms. The van der Waals surface area contributed by atoms with Crippen LogP contribution in [0.2, 0.25) is 0 Å². The van der Waals surface area contributed by atoms with E-state index in [1.54, 1.807) is 0 Å². The maximum atomic E-state index is 6.81. The number of ether oxygens (including phenoxy) is 1. The van der Waals surface area contributed by atoms with Crippen LogP contribution in [0.25, 0.3) is 22.3 Å². The summed E-state index contributed by atoms with van der Waals surface area (Å²) in [4.78, 5) is 2.45. The van der Waals surface area contributed by atoms with Crippen LogP contribution in [0.4, 0.5) is 11.4 Å². The molecule has 9 aromatic carbocycles. The Bertz CT molecular complexity index is 3170. The van der Waals surface area contributed by atoms with Gasteiger partial charge in [-0.05, 0) is 135 Å². The van der Waals surface area contributed by atoms with Crippen molar-refractivity contribution in [2.24, 2.45) is 0 Å². The zero-order valence-electron chi connectivity index (χ0n) is 35.3. The molecule has 64 heavy (non-hydrogen) atoms. The molecule has 3 aliphatic rings. The number of benzene rings is 8. The largest absolute Gasteiger partial charge is 0.457 e. The van der Waals surface area contributed by atoms with Crippen LogP contribution in [0, 0.1) is 12.1 Å². The Labute approximate surface area is 375 Å². The number of allylic oxidation sites excluding steroid dienone is 4. The first-order valence-electron chi connectivity index (χ1n) is 22.2. The normalized spacial score (nSPS) is 14.7. The summed E-state index contributed by atoms with van der Waals surface area (Å²) in [5, 5.41) is 0. The van der Waals surface area contributed by atoms with E-state index in [0.29, 0.717) is 0 Å². The Hall–Kier alpha value is -8.12. The maximum absolute atomic E-state index is 6.81. The molecule has 0 spiro atoms. The lowest BCUT2D eigenvalue weighted by atomic mass is 9.63. The second-order valence-electron chi connectivity index (χ2n) is 16.9. The van der Waals surface area contributed by atoms with Gasteiger partial charge in [0.15, 0.2) is 0 Å². The fourth-order valence-electron chi connectivity index (χ4n) is 11.0. The van der Waals surface area contributed by atoms with E-state index in [4.69, 9.17) is 4.74 Å². The van der Waals surface area contributed by atoms with E-state index in [9.17, 15) is 0 Å². The molecule has 9 aromatic rings. The summed E-state index contributed by atoms with van der Waals surface area (Å²) in [6.45, 7) is 0. The minimum atomic E-state index is -0.673. The fourth-order valence-corrected chi connectivity index (χ4v) is 11.0. The highest BCUT2D eigenvalue weighted by Crippen LogP contribution is 2.58. The van der Waals surface area contributed by atoms with Crippen LogP contribution in [0.3, 0.4) is 0 Å². The fraction of sp³-hybridized carbons (Fsp3) is 0.0645. The molecule has 0 N–H and O–H groups in total. The Kier molecular flexibility index (Phi) is 9.02. The molecule has 1 unspecified atom stereocenters. The summed E-state index contributed by atoms with van der Waals surface area (Å²) < 4.78 is 6.81. The summed E-state index contributed by atoms with van der Waals surface area (Å²) in [7, 11) is 0. The van der Waals surface area contributed by atoms with Crippen LogP contribution in [-0.4, -0.2) is 0 Å². The molecule has 2 nitrogen and oxygen atoms in total. The molecule has 0 fully saturated rings. The van der Waals surface area contributed by atoms with Crippen LogP contribution in [-0.2, 0) is 10.8 Å². The topological polar surface area (TPSA) is 12.5 Å². The van der Waals surface area contributed by atoms with Crippen molar-refractivity contribution in [3.63, 3.8) is 0 Å². The van der Waals surface area contributed by atoms with E-state index in [1.165, 1.54) is 44.6 Å². The van der Waals surface area contributed by atoms with Crippen molar-refractivity contribution in [2.75, 3.05) is 4.90 Å². The lowest BCUT2D eigenvalue weighted by Crippen LogP contribution is -2.34. The minimum Gasteiger partial charge on any atom is -0.457 e. The quantitative estimate of drug-likeness (QED) is 0.151. The van der Waals surface area contributed by atoms with Crippen LogP contribution in [0.15, 0.2) is 242 Å². The lowest BCUT2D eigenvalue weighted by molar-refractivity contribution is 0.434. The van der Waals surface area contributed by atoms with Crippen molar-refractivity contribution in [3.05, 3.63) is 299 Å². The van der Waals surface area contributed by atoms with Gasteiger partial charge in [-0.3, -0.25) is 0 Å². The second kappa shape index (κ2) is 15.3. The van der Waals surface area contributed by atoms with Crippen LogP contribution < -0.4 is 9.64 Å². The molecule has 302 valence electrons. The number of hydrogen-bond donors (Lipinski definition) is 0. The molecule has 12 rings (SSSR count). The number of anilines is 2. The van der Waals surface area contributed by atoms with Gasteiger partial charge in [0, 0.05) is 28.2 Å². The van der Waals surface area contributed by atoms with Crippen molar-refractivity contribution >= 4 is 11.4 Å². The van der Waals surface area contributed by atoms with Gasteiger partial charge in [0.05, 0.1) is 10.8 Å². The zero-order chi connectivity index (χ0) is 42.5. The molecular weight excluding hydrogens is 775 g/mol. The molecule has 0 amide bonds. The molecule has 0 saturated carbocycles. The molecule has 1 atom stereocenters. The third-order valence-corrected chi connectivity index (χ3v) is 13.6. The molecule has 2 aliphatic carbocycles. The van der Waals surface area contributed by atoms with E-state index >= 15 is 0 Å². The molecule has 0 radical (unpaired) electrons. The highest BCUT2D eigenvalue weighted by atomic mass is 16.5. The Morgan fingerprint density at radius 2 is 1.03 bits per heavy atom. The average Bonchev–Trinajstić information content (AvgIpc) is 3.68. The summed E-state index contributed by atoms with van der Waals surface area (Å²) in [5.41, 5.74) is 16.8. The second-order valence-corrected chi connectivity index (χ2v) is 16.9. The van der Waals surface area contributed by atoms with Gasteiger partial charge in [-0.25, -0.2) is 0 Å². The smallest absolute Gasteiger partial charge is 0.132 e. The van der Waals surface area contributed by atoms with Crippen molar-refractivity contribution in [2.45, 2.75) is 23.7 Å². The highest BCUT2D eigenvalue weighted by Gasteiger charge is 2.47. The summed E-state index contributed by atoms with van der Waals surface area (Å²) in [5.74, 6) is 1.69. The first kappa shape index (κ1) is 37.6. The molecule has 1 aliphatic heterocycles. The SMILES string of the molecule is c1ccc(C2(c3ccccc3)c3ccccc3Oc3ccc(N(C4=CC=CCC4)c4cccc(-c5cccc(C6(c7ccccc7)c7ccccc7-c7ccccc76)c5)c4)cc32)cc#1. The first-order chi connectivity index (χ1) is 31.7. The average molecular weight is 818 g/mol. The number of nitrogens with zero attached hydrogens (tertiary/aromatic N) is 1. The van der Waals surface area contributed by atoms with Crippen LogP contribution in [0.5, 0.6) is 11.5 Å². The van der Waals surface area contributed by atoms with Crippen LogP contribution in [0.1, 0.15) is 57.3 Å². The van der Waals surface area contributed by atoms with Gasteiger partial charge in [-0.2, -0.15) is 0 Å². The van der Waals surface area contributed by atoms with Gasteiger partial charge in [0.1, 0.15) is 11.5 Å². The van der Waals surface area contributed by atoms with E-state index in [1.807, 2.05) is 6.07 Å². The number of para-hydroxylation sites is 1. The molecule has 0 saturated heterocycles. The molecule has 1 heterocycles.